The molecule has 0 saturated carbocycles. The van der Waals surface area contributed by atoms with Crippen LogP contribution in [0, 0.1) is 5.92 Å². The van der Waals surface area contributed by atoms with Crippen molar-refractivity contribution < 1.29 is 28.5 Å². The summed E-state index contributed by atoms with van der Waals surface area (Å²) in [6, 6.07) is 3.67. The van der Waals surface area contributed by atoms with Gasteiger partial charge in [0.2, 0.25) is 6.79 Å². The number of fused-ring (bicyclic) bond motifs is 2. The van der Waals surface area contributed by atoms with Crippen LogP contribution in [-0.2, 0) is 20.7 Å². The normalized spacial score (nSPS) is 25.9. The summed E-state index contributed by atoms with van der Waals surface area (Å²) in [5.74, 6) is 0.918. The lowest BCUT2D eigenvalue weighted by atomic mass is 9.85. The molecule has 6 nitrogen and oxygen atoms in total. The number of carbonyl (C=O) groups is 1. The Hall–Kier alpha value is -2.73. The Balaban J connectivity index is 1.71. The number of benzene rings is 1. The number of ketones is 1. The Morgan fingerprint density at radius 2 is 1.96 bits per heavy atom. The van der Waals surface area contributed by atoms with Crippen molar-refractivity contribution >= 4 is 5.78 Å². The first-order valence-corrected chi connectivity index (χ1v) is 8.51. The lowest BCUT2D eigenvalue weighted by Crippen LogP contribution is -2.44. The molecule has 2 heterocycles. The van der Waals surface area contributed by atoms with Gasteiger partial charge in [0.05, 0.1) is 0 Å². The number of allylic oxidation sites excluding steroid dienone is 3. The van der Waals surface area contributed by atoms with Crippen LogP contribution in [0.4, 0.5) is 0 Å². The lowest BCUT2D eigenvalue weighted by Gasteiger charge is -2.34. The lowest BCUT2D eigenvalue weighted by molar-refractivity contribution is -0.153. The van der Waals surface area contributed by atoms with Gasteiger partial charge in [0.25, 0.3) is 5.79 Å². The molecule has 1 fully saturated rings. The van der Waals surface area contributed by atoms with E-state index in [-0.39, 0.29) is 25.3 Å². The average molecular weight is 356 g/mol. The molecular weight excluding hydrogens is 336 g/mol. The third-order valence-electron chi connectivity index (χ3n) is 4.72. The van der Waals surface area contributed by atoms with Crippen LogP contribution in [0.3, 0.4) is 0 Å². The summed E-state index contributed by atoms with van der Waals surface area (Å²) in [4.78, 5) is 12.3. The molecule has 0 spiro atoms. The standard InChI is InChI=1S/C20H20O6/c1-3-5-13-7-17-18(23-11-22-17)9-16(13)26-20-10-14(6-4-2)15(21)8-19(20)24-12-25-20/h3-4,7-9,14H,1-2,5-6,10-12H2/t14-,20-/m0/s1. The van der Waals surface area contributed by atoms with Crippen molar-refractivity contribution in [2.24, 2.45) is 5.92 Å². The molecule has 1 aromatic carbocycles. The number of carbonyl (C=O) groups excluding carboxylic acids is 1. The van der Waals surface area contributed by atoms with E-state index in [9.17, 15) is 4.79 Å². The van der Waals surface area contributed by atoms with E-state index in [2.05, 4.69) is 13.2 Å². The first kappa shape index (κ1) is 16.7. The highest BCUT2D eigenvalue weighted by molar-refractivity contribution is 5.93. The summed E-state index contributed by atoms with van der Waals surface area (Å²) in [5.41, 5.74) is 0.894. The average Bonchev–Trinajstić information content (AvgIpc) is 3.22. The first-order valence-electron chi connectivity index (χ1n) is 8.51. The van der Waals surface area contributed by atoms with Crippen LogP contribution in [0.2, 0.25) is 0 Å². The van der Waals surface area contributed by atoms with Crippen molar-refractivity contribution in [3.05, 3.63) is 54.8 Å². The Kier molecular flexibility index (Phi) is 4.20. The molecule has 0 aromatic heterocycles. The second-order valence-corrected chi connectivity index (χ2v) is 6.40. The zero-order valence-corrected chi connectivity index (χ0v) is 14.4. The SMILES string of the molecule is C=CCc1cc2c(cc1O[C@@]13C[C@H](CC=C)C(=O)C=C1OCO3)OCO2. The van der Waals surface area contributed by atoms with Gasteiger partial charge in [-0.3, -0.25) is 9.53 Å². The largest absolute Gasteiger partial charge is 0.465 e. The van der Waals surface area contributed by atoms with E-state index in [1.54, 1.807) is 18.2 Å². The fourth-order valence-corrected chi connectivity index (χ4v) is 3.43. The third kappa shape index (κ3) is 2.76. The molecular formula is C20H20O6. The topological polar surface area (TPSA) is 63.2 Å². The Bertz CT molecular complexity index is 796. The van der Waals surface area contributed by atoms with E-state index >= 15 is 0 Å². The maximum Gasteiger partial charge on any atom is 0.272 e. The molecule has 2 atom stereocenters. The van der Waals surface area contributed by atoms with E-state index in [4.69, 9.17) is 23.7 Å². The molecule has 0 N–H and O–H groups in total. The Labute approximate surface area is 151 Å². The fourth-order valence-electron chi connectivity index (χ4n) is 3.43. The van der Waals surface area contributed by atoms with Crippen LogP contribution in [-0.4, -0.2) is 25.2 Å². The maximum absolute atomic E-state index is 12.3. The van der Waals surface area contributed by atoms with E-state index in [1.807, 2.05) is 6.07 Å². The maximum atomic E-state index is 12.3. The predicted molar refractivity (Wildman–Crippen MR) is 92.9 cm³/mol. The van der Waals surface area contributed by atoms with Crippen molar-refractivity contribution in [2.45, 2.75) is 25.0 Å². The van der Waals surface area contributed by atoms with Crippen LogP contribution in [0.15, 0.2) is 49.3 Å². The second-order valence-electron chi connectivity index (χ2n) is 6.40. The van der Waals surface area contributed by atoms with Crippen molar-refractivity contribution in [1.29, 1.82) is 0 Å². The van der Waals surface area contributed by atoms with Gasteiger partial charge in [-0.1, -0.05) is 12.2 Å². The van der Waals surface area contributed by atoms with Gasteiger partial charge in [0.15, 0.2) is 29.8 Å². The molecule has 2 aliphatic heterocycles. The summed E-state index contributed by atoms with van der Waals surface area (Å²) in [5, 5.41) is 0. The molecule has 4 rings (SSSR count). The minimum absolute atomic E-state index is 0.00151. The van der Waals surface area contributed by atoms with Crippen LogP contribution in [0.5, 0.6) is 17.2 Å². The van der Waals surface area contributed by atoms with Gasteiger partial charge >= 0.3 is 0 Å². The van der Waals surface area contributed by atoms with Crippen molar-refractivity contribution in [1.82, 2.24) is 0 Å². The van der Waals surface area contributed by atoms with E-state index in [0.29, 0.717) is 42.3 Å². The zero-order chi connectivity index (χ0) is 18.1. The van der Waals surface area contributed by atoms with Crippen LogP contribution in [0.1, 0.15) is 18.4 Å². The van der Waals surface area contributed by atoms with Crippen molar-refractivity contribution in [2.75, 3.05) is 13.6 Å². The molecule has 3 aliphatic rings. The molecule has 0 bridgehead atoms. The summed E-state index contributed by atoms with van der Waals surface area (Å²) < 4.78 is 28.6. The summed E-state index contributed by atoms with van der Waals surface area (Å²) in [6.45, 7) is 7.75. The highest BCUT2D eigenvalue weighted by atomic mass is 16.8. The Morgan fingerprint density at radius 3 is 2.73 bits per heavy atom. The molecule has 1 aromatic rings. The summed E-state index contributed by atoms with van der Waals surface area (Å²) in [7, 11) is 0. The van der Waals surface area contributed by atoms with Gasteiger partial charge in [-0.2, -0.15) is 0 Å². The Morgan fingerprint density at radius 1 is 1.15 bits per heavy atom. The summed E-state index contributed by atoms with van der Waals surface area (Å²) >= 11 is 0. The van der Waals surface area contributed by atoms with Gasteiger partial charge in [0.1, 0.15) is 5.75 Å². The van der Waals surface area contributed by atoms with Gasteiger partial charge in [-0.25, -0.2) is 0 Å². The van der Waals surface area contributed by atoms with Crippen molar-refractivity contribution in [3.63, 3.8) is 0 Å². The smallest absolute Gasteiger partial charge is 0.272 e. The predicted octanol–water partition coefficient (Wildman–Crippen LogP) is 3.27. The van der Waals surface area contributed by atoms with Crippen LogP contribution >= 0.6 is 0 Å². The highest BCUT2D eigenvalue weighted by Crippen LogP contribution is 2.45. The van der Waals surface area contributed by atoms with Gasteiger partial charge in [-0.15, -0.1) is 13.2 Å². The van der Waals surface area contributed by atoms with E-state index in [1.165, 1.54) is 6.08 Å². The molecule has 0 unspecified atom stereocenters. The van der Waals surface area contributed by atoms with E-state index in [0.717, 1.165) is 5.56 Å². The summed E-state index contributed by atoms with van der Waals surface area (Å²) in [6.07, 6.45) is 6.51. The zero-order valence-electron chi connectivity index (χ0n) is 14.4. The molecule has 26 heavy (non-hydrogen) atoms. The first-order chi connectivity index (χ1) is 12.6. The molecule has 6 heteroatoms. The van der Waals surface area contributed by atoms with Crippen LogP contribution < -0.4 is 14.2 Å². The molecule has 0 amide bonds. The third-order valence-corrected chi connectivity index (χ3v) is 4.72. The molecule has 136 valence electrons. The number of hydrogen-bond acceptors (Lipinski definition) is 6. The second kappa shape index (κ2) is 6.53. The fraction of sp³-hybridized carbons (Fsp3) is 0.350. The van der Waals surface area contributed by atoms with Crippen LogP contribution in [0.25, 0.3) is 0 Å². The van der Waals surface area contributed by atoms with Gasteiger partial charge < -0.3 is 18.9 Å². The number of ether oxygens (including phenoxy) is 5. The number of hydrogen-bond donors (Lipinski definition) is 0. The minimum atomic E-state index is -1.12. The van der Waals surface area contributed by atoms with E-state index < -0.39 is 5.79 Å². The molecule has 0 radical (unpaired) electrons. The van der Waals surface area contributed by atoms with Gasteiger partial charge in [0, 0.05) is 30.0 Å². The van der Waals surface area contributed by atoms with Gasteiger partial charge in [-0.05, 0) is 18.9 Å². The molecule has 1 aliphatic carbocycles. The highest BCUT2D eigenvalue weighted by Gasteiger charge is 2.51. The molecule has 1 saturated heterocycles. The quantitative estimate of drug-likeness (QED) is 0.729. The monoisotopic (exact) mass is 356 g/mol. The van der Waals surface area contributed by atoms with Crippen molar-refractivity contribution in [3.8, 4) is 17.2 Å². The number of rotatable bonds is 6. The minimum Gasteiger partial charge on any atom is -0.465 e.